The van der Waals surface area contributed by atoms with Crippen LogP contribution in [0.2, 0.25) is 0 Å². The molecule has 0 radical (unpaired) electrons. The van der Waals surface area contributed by atoms with Gasteiger partial charge in [0.15, 0.2) is 0 Å². The van der Waals surface area contributed by atoms with Gasteiger partial charge in [-0.05, 0) is 37.1 Å². The quantitative estimate of drug-likeness (QED) is 0.859. The van der Waals surface area contributed by atoms with Crippen LogP contribution in [0, 0.1) is 0 Å². The highest BCUT2D eigenvalue weighted by atomic mass is 32.2. The minimum atomic E-state index is -0.908. The van der Waals surface area contributed by atoms with E-state index in [1.807, 2.05) is 25.1 Å². The van der Waals surface area contributed by atoms with Gasteiger partial charge < -0.3 is 10.6 Å². The molecule has 2 rings (SSSR count). The molecule has 1 aliphatic heterocycles. The second-order valence-corrected chi connectivity index (χ2v) is 6.37. The van der Waals surface area contributed by atoms with Crippen molar-refractivity contribution in [2.75, 3.05) is 24.7 Å². The van der Waals surface area contributed by atoms with Gasteiger partial charge in [-0.15, -0.1) is 0 Å². The molecule has 2 N–H and O–H groups in total. The van der Waals surface area contributed by atoms with E-state index in [0.29, 0.717) is 12.1 Å². The second-order valence-electron chi connectivity index (χ2n) is 4.57. The first kappa shape index (κ1) is 13.1. The van der Waals surface area contributed by atoms with Crippen molar-refractivity contribution in [3.8, 4) is 0 Å². The molecule has 0 bridgehead atoms. The van der Waals surface area contributed by atoms with Crippen molar-refractivity contribution in [1.29, 1.82) is 0 Å². The Labute approximate surface area is 110 Å². The summed E-state index contributed by atoms with van der Waals surface area (Å²) in [4.78, 5) is 11.9. The van der Waals surface area contributed by atoms with Gasteiger partial charge in [-0.3, -0.25) is 9.00 Å². The van der Waals surface area contributed by atoms with Gasteiger partial charge >= 0.3 is 0 Å². The summed E-state index contributed by atoms with van der Waals surface area (Å²) in [7, 11) is -0.908. The van der Waals surface area contributed by atoms with Crippen molar-refractivity contribution >= 4 is 22.4 Å². The highest BCUT2D eigenvalue weighted by molar-refractivity contribution is 7.84. The Kier molecular flexibility index (Phi) is 4.01. The first-order chi connectivity index (χ1) is 8.58. The Bertz CT molecular complexity index is 488. The molecule has 0 aliphatic carbocycles. The number of anilines is 1. The summed E-state index contributed by atoms with van der Waals surface area (Å²) >= 11 is 0. The number of nitrogens with one attached hydrogen (secondary N) is 2. The number of hydrogen-bond acceptors (Lipinski definition) is 3. The van der Waals surface area contributed by atoms with Crippen LogP contribution in [0.25, 0.3) is 0 Å². The van der Waals surface area contributed by atoms with E-state index in [2.05, 4.69) is 10.6 Å². The summed E-state index contributed by atoms with van der Waals surface area (Å²) in [5.41, 5.74) is 2.98. The van der Waals surface area contributed by atoms with Crippen LogP contribution in [-0.4, -0.2) is 34.7 Å². The molecular formula is C13H18N2O2S. The Morgan fingerprint density at radius 3 is 3.06 bits per heavy atom. The second kappa shape index (κ2) is 5.52. The minimum absolute atomic E-state index is 0.0231. The molecule has 5 heteroatoms. The van der Waals surface area contributed by atoms with Crippen molar-refractivity contribution in [2.45, 2.75) is 18.6 Å². The molecule has 1 aromatic rings. The van der Waals surface area contributed by atoms with Crippen LogP contribution < -0.4 is 10.6 Å². The highest BCUT2D eigenvalue weighted by Crippen LogP contribution is 2.22. The van der Waals surface area contributed by atoms with Gasteiger partial charge in [0.25, 0.3) is 5.91 Å². The topological polar surface area (TPSA) is 58.2 Å². The lowest BCUT2D eigenvalue weighted by Gasteiger charge is -2.10. The first-order valence-electron chi connectivity index (χ1n) is 6.05. The molecule has 4 nitrogen and oxygen atoms in total. The SMILES string of the molecule is CC(CNC(=O)c1ccc2c(c1)CCN2)S(C)=O. The van der Waals surface area contributed by atoms with E-state index in [1.54, 1.807) is 6.26 Å². The number of carbonyl (C=O) groups is 1. The van der Waals surface area contributed by atoms with Crippen molar-refractivity contribution in [3.63, 3.8) is 0 Å². The number of benzene rings is 1. The lowest BCUT2D eigenvalue weighted by atomic mass is 10.1. The number of amides is 1. The maximum absolute atomic E-state index is 11.9. The molecule has 0 fully saturated rings. The predicted octanol–water partition coefficient (Wildman–Crippen LogP) is 1.15. The van der Waals surface area contributed by atoms with E-state index in [4.69, 9.17) is 0 Å². The Morgan fingerprint density at radius 2 is 2.33 bits per heavy atom. The van der Waals surface area contributed by atoms with Gasteiger partial charge in [0.2, 0.25) is 0 Å². The van der Waals surface area contributed by atoms with E-state index in [9.17, 15) is 9.00 Å². The Morgan fingerprint density at radius 1 is 1.56 bits per heavy atom. The van der Waals surface area contributed by atoms with Crippen LogP contribution in [0.15, 0.2) is 18.2 Å². The van der Waals surface area contributed by atoms with Crippen molar-refractivity contribution in [2.24, 2.45) is 0 Å². The van der Waals surface area contributed by atoms with Crippen LogP contribution >= 0.6 is 0 Å². The fraction of sp³-hybridized carbons (Fsp3) is 0.462. The zero-order valence-electron chi connectivity index (χ0n) is 10.7. The number of hydrogen-bond donors (Lipinski definition) is 2. The molecule has 0 saturated heterocycles. The van der Waals surface area contributed by atoms with Crippen molar-refractivity contribution in [3.05, 3.63) is 29.3 Å². The highest BCUT2D eigenvalue weighted by Gasteiger charge is 2.14. The fourth-order valence-electron chi connectivity index (χ4n) is 1.90. The lowest BCUT2D eigenvalue weighted by Crippen LogP contribution is -2.32. The Hall–Kier alpha value is -1.36. The molecule has 0 aromatic heterocycles. The van der Waals surface area contributed by atoms with Gasteiger partial charge in [-0.25, -0.2) is 0 Å². The zero-order valence-corrected chi connectivity index (χ0v) is 11.5. The molecule has 1 aliphatic rings. The first-order valence-corrected chi connectivity index (χ1v) is 7.67. The van der Waals surface area contributed by atoms with Crippen molar-refractivity contribution in [1.82, 2.24) is 5.32 Å². The fourth-order valence-corrected chi connectivity index (χ4v) is 2.22. The number of carbonyl (C=O) groups excluding carboxylic acids is 1. The van der Waals surface area contributed by atoms with Crippen molar-refractivity contribution < 1.29 is 9.00 Å². The van der Waals surface area contributed by atoms with Gasteiger partial charge in [0.1, 0.15) is 0 Å². The van der Waals surface area contributed by atoms with Gasteiger partial charge in [-0.2, -0.15) is 0 Å². The molecule has 0 spiro atoms. The van der Waals surface area contributed by atoms with Crippen LogP contribution in [0.1, 0.15) is 22.8 Å². The smallest absolute Gasteiger partial charge is 0.251 e. The maximum atomic E-state index is 11.9. The lowest BCUT2D eigenvalue weighted by molar-refractivity contribution is 0.0954. The summed E-state index contributed by atoms with van der Waals surface area (Å²) < 4.78 is 11.2. The summed E-state index contributed by atoms with van der Waals surface area (Å²) in [6, 6.07) is 5.69. The summed E-state index contributed by atoms with van der Waals surface area (Å²) in [5, 5.41) is 6.06. The molecule has 1 aromatic carbocycles. The van der Waals surface area contributed by atoms with Crippen LogP contribution in [-0.2, 0) is 17.2 Å². The van der Waals surface area contributed by atoms with Gasteiger partial charge in [-0.1, -0.05) is 0 Å². The molecule has 2 unspecified atom stereocenters. The molecule has 0 saturated carbocycles. The molecule has 2 atom stereocenters. The molecule has 1 amide bonds. The van der Waals surface area contributed by atoms with Crippen LogP contribution in [0.5, 0.6) is 0 Å². The van der Waals surface area contributed by atoms with E-state index in [-0.39, 0.29) is 11.2 Å². The molecule has 18 heavy (non-hydrogen) atoms. The van der Waals surface area contributed by atoms with E-state index < -0.39 is 10.8 Å². The normalized spacial score (nSPS) is 16.6. The third-order valence-electron chi connectivity index (χ3n) is 3.19. The van der Waals surface area contributed by atoms with E-state index in [1.165, 1.54) is 5.56 Å². The van der Waals surface area contributed by atoms with Gasteiger partial charge in [0, 0.05) is 46.6 Å². The van der Waals surface area contributed by atoms with Crippen LogP contribution in [0.3, 0.4) is 0 Å². The molecule has 98 valence electrons. The molecule has 1 heterocycles. The average molecular weight is 266 g/mol. The third kappa shape index (κ3) is 2.90. The predicted molar refractivity (Wildman–Crippen MR) is 74.5 cm³/mol. The van der Waals surface area contributed by atoms with Crippen LogP contribution in [0.4, 0.5) is 5.69 Å². The minimum Gasteiger partial charge on any atom is -0.384 e. The summed E-state index contributed by atoms with van der Waals surface area (Å²) in [5.74, 6) is -0.0954. The average Bonchev–Trinajstić information content (AvgIpc) is 2.82. The number of fused-ring (bicyclic) bond motifs is 1. The zero-order chi connectivity index (χ0) is 13.1. The van der Waals surface area contributed by atoms with E-state index in [0.717, 1.165) is 18.7 Å². The maximum Gasteiger partial charge on any atom is 0.251 e. The number of rotatable bonds is 4. The van der Waals surface area contributed by atoms with Gasteiger partial charge in [0.05, 0.1) is 0 Å². The monoisotopic (exact) mass is 266 g/mol. The third-order valence-corrected chi connectivity index (χ3v) is 4.49. The molecular weight excluding hydrogens is 248 g/mol. The summed E-state index contributed by atoms with van der Waals surface area (Å²) in [6.45, 7) is 3.24. The van der Waals surface area contributed by atoms with E-state index >= 15 is 0 Å². The summed E-state index contributed by atoms with van der Waals surface area (Å²) in [6.07, 6.45) is 2.61. The largest absolute Gasteiger partial charge is 0.384 e. The Balaban J connectivity index is 1.99. The standard InChI is InChI=1S/C13H18N2O2S/c1-9(18(2)17)8-15-13(16)11-3-4-12-10(7-11)5-6-14-12/h3-4,7,9,14H,5-6,8H2,1-2H3,(H,15,16).